The Labute approximate surface area is 158 Å². The molecule has 3 rings (SSSR count). The molecule has 1 aliphatic carbocycles. The lowest BCUT2D eigenvalue weighted by molar-refractivity contribution is -0.0644. The zero-order valence-electron chi connectivity index (χ0n) is 15.3. The summed E-state index contributed by atoms with van der Waals surface area (Å²) in [6, 6.07) is 2.93. The van der Waals surface area contributed by atoms with Crippen molar-refractivity contribution in [3.8, 4) is 5.88 Å². The smallest absolute Gasteiger partial charge is 0.407 e. The number of sulfone groups is 1. The lowest BCUT2D eigenvalue weighted by Crippen LogP contribution is -2.41. The maximum Gasteiger partial charge on any atom is 0.407 e. The van der Waals surface area contributed by atoms with Crippen LogP contribution >= 0.6 is 0 Å². The number of carboxylic acid groups (broad SMARTS) is 1. The molecule has 0 spiro atoms. The van der Waals surface area contributed by atoms with Crippen LogP contribution in [-0.2, 0) is 14.6 Å². The van der Waals surface area contributed by atoms with Crippen LogP contribution in [0.3, 0.4) is 0 Å². The second kappa shape index (κ2) is 8.39. The first-order valence-corrected chi connectivity index (χ1v) is 11.0. The minimum Gasteiger partial charge on any atom is -0.473 e. The summed E-state index contributed by atoms with van der Waals surface area (Å²) in [5.41, 5.74) is 0. The van der Waals surface area contributed by atoms with Gasteiger partial charge in [-0.05, 0) is 44.6 Å². The van der Waals surface area contributed by atoms with Crippen molar-refractivity contribution in [3.63, 3.8) is 0 Å². The van der Waals surface area contributed by atoms with Crippen LogP contribution in [0.15, 0.2) is 17.2 Å². The molecule has 0 radical (unpaired) electrons. The molecule has 1 saturated heterocycles. The molecule has 0 bridgehead atoms. The van der Waals surface area contributed by atoms with Gasteiger partial charge < -0.3 is 19.5 Å². The highest BCUT2D eigenvalue weighted by Gasteiger charge is 2.28. The largest absolute Gasteiger partial charge is 0.473 e. The lowest BCUT2D eigenvalue weighted by atomic mass is 9.94. The molecule has 1 saturated carbocycles. The minimum atomic E-state index is -3.36. The summed E-state index contributed by atoms with van der Waals surface area (Å²) >= 11 is 0. The number of hydrogen-bond donors (Lipinski definition) is 1. The van der Waals surface area contributed by atoms with Gasteiger partial charge >= 0.3 is 6.09 Å². The molecule has 0 unspecified atom stereocenters. The van der Waals surface area contributed by atoms with E-state index in [4.69, 9.17) is 14.6 Å². The highest BCUT2D eigenvalue weighted by atomic mass is 32.2. The Hall–Kier alpha value is -1.94. The molecule has 2 aliphatic rings. The van der Waals surface area contributed by atoms with Crippen LogP contribution in [0.2, 0.25) is 0 Å². The molecule has 1 aromatic heterocycles. The van der Waals surface area contributed by atoms with E-state index in [2.05, 4.69) is 10.2 Å². The van der Waals surface area contributed by atoms with Crippen molar-refractivity contribution in [1.29, 1.82) is 0 Å². The van der Waals surface area contributed by atoms with E-state index in [-0.39, 0.29) is 23.3 Å². The minimum absolute atomic E-state index is 0.0112. The first-order chi connectivity index (χ1) is 12.8. The summed E-state index contributed by atoms with van der Waals surface area (Å²) < 4.78 is 34.7. The molecule has 10 heteroatoms. The fourth-order valence-corrected chi connectivity index (χ4v) is 3.99. The van der Waals surface area contributed by atoms with Gasteiger partial charge in [0.25, 0.3) is 0 Å². The summed E-state index contributed by atoms with van der Waals surface area (Å²) in [4.78, 5) is 12.4. The Morgan fingerprint density at radius 1 is 1.04 bits per heavy atom. The molecule has 1 aromatic rings. The second-order valence-electron chi connectivity index (χ2n) is 7.10. The molecule has 0 aromatic carbocycles. The Kier molecular flexibility index (Phi) is 6.15. The predicted molar refractivity (Wildman–Crippen MR) is 95.5 cm³/mol. The molecule has 2 heterocycles. The number of amides is 1. The standard InChI is InChI=1S/C17H25N3O6S/c1-27(23,24)16-7-6-15(18-19-16)26-13-4-2-12(3-5-13)25-14-8-10-20(11-9-14)17(21)22/h6-7,12-14H,2-5,8-11H2,1H3,(H,21,22). The van der Waals surface area contributed by atoms with Crippen LogP contribution in [-0.4, -0.2) is 72.4 Å². The Morgan fingerprint density at radius 2 is 1.63 bits per heavy atom. The van der Waals surface area contributed by atoms with Crippen LogP contribution in [0.25, 0.3) is 0 Å². The highest BCUT2D eigenvalue weighted by Crippen LogP contribution is 2.27. The van der Waals surface area contributed by atoms with Gasteiger partial charge in [0.05, 0.1) is 12.2 Å². The van der Waals surface area contributed by atoms with Gasteiger partial charge in [-0.25, -0.2) is 13.2 Å². The fraction of sp³-hybridized carbons (Fsp3) is 0.706. The molecule has 1 N–H and O–H groups in total. The van der Waals surface area contributed by atoms with Gasteiger partial charge in [0, 0.05) is 25.4 Å². The summed E-state index contributed by atoms with van der Waals surface area (Å²) in [6.07, 6.45) is 5.42. The zero-order valence-corrected chi connectivity index (χ0v) is 16.1. The third-order valence-corrected chi connectivity index (χ3v) is 5.98. The molecule has 27 heavy (non-hydrogen) atoms. The van der Waals surface area contributed by atoms with Crippen LogP contribution in [0, 0.1) is 0 Å². The maximum atomic E-state index is 11.4. The van der Waals surface area contributed by atoms with Crippen molar-refractivity contribution in [2.75, 3.05) is 19.3 Å². The van der Waals surface area contributed by atoms with Gasteiger partial charge in [-0.15, -0.1) is 10.2 Å². The Morgan fingerprint density at radius 3 is 2.15 bits per heavy atom. The molecular weight excluding hydrogens is 374 g/mol. The van der Waals surface area contributed by atoms with E-state index >= 15 is 0 Å². The molecule has 2 fully saturated rings. The Bertz CT molecular complexity index is 738. The number of carbonyl (C=O) groups is 1. The SMILES string of the molecule is CS(=O)(=O)c1ccc(OC2CCC(OC3CCN(C(=O)O)CC3)CC2)nn1. The summed E-state index contributed by atoms with van der Waals surface area (Å²) in [5.74, 6) is 0.327. The zero-order chi connectivity index (χ0) is 19.4. The normalized spacial score (nSPS) is 24.6. The third-order valence-electron chi connectivity index (χ3n) is 5.00. The van der Waals surface area contributed by atoms with Crippen LogP contribution in [0.1, 0.15) is 38.5 Å². The molecular formula is C17H25N3O6S. The lowest BCUT2D eigenvalue weighted by Gasteiger charge is -2.35. The van der Waals surface area contributed by atoms with E-state index in [9.17, 15) is 13.2 Å². The van der Waals surface area contributed by atoms with Crippen molar-refractivity contribution < 1.29 is 27.8 Å². The molecule has 1 aliphatic heterocycles. The topological polar surface area (TPSA) is 119 Å². The molecule has 150 valence electrons. The van der Waals surface area contributed by atoms with Gasteiger partial charge in [0.2, 0.25) is 5.88 Å². The van der Waals surface area contributed by atoms with Crippen LogP contribution in [0.4, 0.5) is 4.79 Å². The van der Waals surface area contributed by atoms with Crippen molar-refractivity contribution in [2.45, 2.75) is 61.9 Å². The number of likely N-dealkylation sites (tertiary alicyclic amines) is 1. The van der Waals surface area contributed by atoms with E-state index in [0.717, 1.165) is 44.8 Å². The van der Waals surface area contributed by atoms with E-state index < -0.39 is 15.9 Å². The van der Waals surface area contributed by atoms with Crippen molar-refractivity contribution in [2.24, 2.45) is 0 Å². The first-order valence-electron chi connectivity index (χ1n) is 9.15. The second-order valence-corrected chi connectivity index (χ2v) is 9.07. The highest BCUT2D eigenvalue weighted by molar-refractivity contribution is 7.90. The summed E-state index contributed by atoms with van der Waals surface area (Å²) in [6.45, 7) is 1.06. The number of hydrogen-bond acceptors (Lipinski definition) is 7. The van der Waals surface area contributed by atoms with Gasteiger partial charge in [-0.3, -0.25) is 0 Å². The van der Waals surface area contributed by atoms with Gasteiger partial charge in [0.15, 0.2) is 14.9 Å². The van der Waals surface area contributed by atoms with Gasteiger partial charge in [0.1, 0.15) is 6.10 Å². The van der Waals surface area contributed by atoms with Gasteiger partial charge in [-0.1, -0.05) is 0 Å². The van der Waals surface area contributed by atoms with E-state index in [0.29, 0.717) is 19.0 Å². The average molecular weight is 399 g/mol. The predicted octanol–water partition coefficient (Wildman–Crippen LogP) is 1.73. The van der Waals surface area contributed by atoms with E-state index in [1.165, 1.54) is 17.0 Å². The monoisotopic (exact) mass is 399 g/mol. The molecule has 0 atom stereocenters. The maximum absolute atomic E-state index is 11.4. The quantitative estimate of drug-likeness (QED) is 0.795. The molecule has 1 amide bonds. The van der Waals surface area contributed by atoms with Crippen molar-refractivity contribution in [1.82, 2.24) is 15.1 Å². The fourth-order valence-electron chi connectivity index (χ4n) is 3.48. The number of piperidine rings is 1. The summed E-state index contributed by atoms with van der Waals surface area (Å²) in [7, 11) is -3.36. The van der Waals surface area contributed by atoms with Crippen LogP contribution in [0.5, 0.6) is 5.88 Å². The summed E-state index contributed by atoms with van der Waals surface area (Å²) in [5, 5.41) is 16.4. The third kappa shape index (κ3) is 5.52. The number of rotatable bonds is 5. The van der Waals surface area contributed by atoms with Crippen LogP contribution < -0.4 is 4.74 Å². The number of aromatic nitrogens is 2. The molecule has 9 nitrogen and oxygen atoms in total. The number of nitrogens with zero attached hydrogens (tertiary/aromatic N) is 3. The first kappa shape index (κ1) is 19.8. The number of ether oxygens (including phenoxy) is 2. The Balaban J connectivity index is 1.41. The van der Waals surface area contributed by atoms with E-state index in [1.54, 1.807) is 0 Å². The van der Waals surface area contributed by atoms with E-state index in [1.807, 2.05) is 0 Å². The average Bonchev–Trinajstić information content (AvgIpc) is 2.63. The van der Waals surface area contributed by atoms with Crippen molar-refractivity contribution in [3.05, 3.63) is 12.1 Å². The van der Waals surface area contributed by atoms with Gasteiger partial charge in [-0.2, -0.15) is 0 Å². The van der Waals surface area contributed by atoms with Crippen molar-refractivity contribution >= 4 is 15.9 Å².